The Balaban J connectivity index is 0.00000196. The Morgan fingerprint density at radius 1 is 1.53 bits per heavy atom. The van der Waals surface area contributed by atoms with Crippen LogP contribution in [0.4, 0.5) is 0 Å². The summed E-state index contributed by atoms with van der Waals surface area (Å²) < 4.78 is 5.07. The lowest BCUT2D eigenvalue weighted by molar-refractivity contribution is 0.0696. The SMILES string of the molecule is COC(C)c1cccc(C(=O)O)c1Cl.N. The quantitative estimate of drug-likeness (QED) is 0.838. The topological polar surface area (TPSA) is 81.5 Å². The van der Waals surface area contributed by atoms with Crippen molar-refractivity contribution in [2.24, 2.45) is 0 Å². The summed E-state index contributed by atoms with van der Waals surface area (Å²) in [4.78, 5) is 10.8. The van der Waals surface area contributed by atoms with Crippen LogP contribution in [0.3, 0.4) is 0 Å². The van der Waals surface area contributed by atoms with Crippen molar-refractivity contribution < 1.29 is 14.6 Å². The number of benzene rings is 1. The summed E-state index contributed by atoms with van der Waals surface area (Å²) in [6.45, 7) is 1.81. The molecule has 0 saturated heterocycles. The lowest BCUT2D eigenvalue weighted by Crippen LogP contribution is -2.03. The van der Waals surface area contributed by atoms with E-state index >= 15 is 0 Å². The summed E-state index contributed by atoms with van der Waals surface area (Å²) in [5.74, 6) is -1.03. The molecule has 0 fully saturated rings. The molecule has 5 heteroatoms. The van der Waals surface area contributed by atoms with Gasteiger partial charge in [0.25, 0.3) is 0 Å². The van der Waals surface area contributed by atoms with Gasteiger partial charge in [0.2, 0.25) is 0 Å². The van der Waals surface area contributed by atoms with E-state index in [1.54, 1.807) is 19.2 Å². The van der Waals surface area contributed by atoms with E-state index in [1.807, 2.05) is 6.92 Å². The Labute approximate surface area is 93.4 Å². The van der Waals surface area contributed by atoms with E-state index in [2.05, 4.69) is 0 Å². The highest BCUT2D eigenvalue weighted by Crippen LogP contribution is 2.27. The zero-order valence-corrected chi connectivity index (χ0v) is 9.41. The minimum atomic E-state index is -1.03. The first-order valence-corrected chi connectivity index (χ1v) is 4.50. The lowest BCUT2D eigenvalue weighted by atomic mass is 10.1. The highest BCUT2D eigenvalue weighted by Gasteiger charge is 2.15. The van der Waals surface area contributed by atoms with E-state index in [4.69, 9.17) is 21.4 Å². The molecule has 0 heterocycles. The van der Waals surface area contributed by atoms with Gasteiger partial charge in [0.15, 0.2) is 0 Å². The molecule has 0 spiro atoms. The van der Waals surface area contributed by atoms with Gasteiger partial charge in [0.1, 0.15) is 0 Å². The van der Waals surface area contributed by atoms with Gasteiger partial charge in [-0.15, -0.1) is 0 Å². The van der Waals surface area contributed by atoms with Crippen molar-refractivity contribution in [2.45, 2.75) is 13.0 Å². The van der Waals surface area contributed by atoms with Crippen LogP contribution < -0.4 is 6.15 Å². The van der Waals surface area contributed by atoms with Gasteiger partial charge in [-0.1, -0.05) is 23.7 Å². The molecule has 0 saturated carbocycles. The number of methoxy groups -OCH3 is 1. The molecule has 0 radical (unpaired) electrons. The lowest BCUT2D eigenvalue weighted by Gasteiger charge is -2.12. The van der Waals surface area contributed by atoms with Crippen LogP contribution in [0, 0.1) is 0 Å². The third-order valence-corrected chi connectivity index (χ3v) is 2.47. The van der Waals surface area contributed by atoms with Gasteiger partial charge in [-0.2, -0.15) is 0 Å². The van der Waals surface area contributed by atoms with E-state index in [1.165, 1.54) is 6.07 Å². The maximum Gasteiger partial charge on any atom is 0.337 e. The number of carbonyl (C=O) groups is 1. The Morgan fingerprint density at radius 2 is 2.13 bits per heavy atom. The van der Waals surface area contributed by atoms with Crippen LogP contribution in [-0.2, 0) is 4.74 Å². The maximum atomic E-state index is 10.8. The average Bonchev–Trinajstić information content (AvgIpc) is 2.16. The van der Waals surface area contributed by atoms with Gasteiger partial charge < -0.3 is 16.0 Å². The Bertz CT molecular complexity index is 355. The van der Waals surface area contributed by atoms with Crippen molar-refractivity contribution in [1.29, 1.82) is 0 Å². The van der Waals surface area contributed by atoms with Crippen molar-refractivity contribution in [3.8, 4) is 0 Å². The van der Waals surface area contributed by atoms with Crippen LogP contribution in [0.2, 0.25) is 5.02 Å². The Hall–Kier alpha value is -1.10. The van der Waals surface area contributed by atoms with E-state index in [-0.39, 0.29) is 22.8 Å². The van der Waals surface area contributed by atoms with E-state index in [0.717, 1.165) is 0 Å². The molecule has 0 aromatic heterocycles. The summed E-state index contributed by atoms with van der Waals surface area (Å²) in [5, 5.41) is 9.06. The summed E-state index contributed by atoms with van der Waals surface area (Å²) in [6, 6.07) is 4.87. The number of hydrogen-bond acceptors (Lipinski definition) is 3. The van der Waals surface area contributed by atoms with Gasteiger partial charge in [-0.25, -0.2) is 4.79 Å². The second-order valence-corrected chi connectivity index (χ2v) is 3.27. The Morgan fingerprint density at radius 3 is 2.60 bits per heavy atom. The third-order valence-electron chi connectivity index (χ3n) is 2.05. The molecule has 1 aromatic rings. The fourth-order valence-corrected chi connectivity index (χ4v) is 1.52. The predicted octanol–water partition coefficient (Wildman–Crippen LogP) is 2.91. The molecule has 0 amide bonds. The van der Waals surface area contributed by atoms with Gasteiger partial charge in [0.05, 0.1) is 16.7 Å². The standard InChI is InChI=1S/C10H11ClO3.H3N/c1-6(14-2)7-4-3-5-8(9(7)11)10(12)13;/h3-6H,1-2H3,(H,12,13);1H3. The molecule has 1 aromatic carbocycles. The maximum absolute atomic E-state index is 10.8. The van der Waals surface area contributed by atoms with Crippen molar-refractivity contribution >= 4 is 17.6 Å². The number of halogens is 1. The molecule has 1 rings (SSSR count). The van der Waals surface area contributed by atoms with E-state index in [9.17, 15) is 4.79 Å². The van der Waals surface area contributed by atoms with Gasteiger partial charge in [-0.3, -0.25) is 0 Å². The molecule has 0 aliphatic carbocycles. The Kier molecular flexibility index (Phi) is 5.28. The second kappa shape index (κ2) is 5.70. The normalized spacial score (nSPS) is 11.7. The van der Waals surface area contributed by atoms with Gasteiger partial charge in [-0.05, 0) is 18.6 Å². The van der Waals surface area contributed by atoms with Crippen LogP contribution in [-0.4, -0.2) is 18.2 Å². The molecule has 0 aliphatic heterocycles. The summed E-state index contributed by atoms with van der Waals surface area (Å²) in [5.41, 5.74) is 0.794. The summed E-state index contributed by atoms with van der Waals surface area (Å²) >= 11 is 5.92. The molecular weight excluding hydrogens is 218 g/mol. The first-order valence-electron chi connectivity index (χ1n) is 4.12. The third kappa shape index (κ3) is 2.92. The first kappa shape index (κ1) is 13.9. The fraction of sp³-hybridized carbons (Fsp3) is 0.300. The highest BCUT2D eigenvalue weighted by atomic mass is 35.5. The molecule has 84 valence electrons. The van der Waals surface area contributed by atoms with Crippen LogP contribution in [0.25, 0.3) is 0 Å². The predicted molar refractivity (Wildman–Crippen MR) is 58.9 cm³/mol. The number of aromatic carboxylic acids is 1. The number of carboxylic acids is 1. The van der Waals surface area contributed by atoms with Crippen LogP contribution in [0.15, 0.2) is 18.2 Å². The van der Waals surface area contributed by atoms with Gasteiger partial charge >= 0.3 is 5.97 Å². The molecule has 15 heavy (non-hydrogen) atoms. The minimum Gasteiger partial charge on any atom is -0.478 e. The first-order chi connectivity index (χ1) is 6.57. The highest BCUT2D eigenvalue weighted by molar-refractivity contribution is 6.34. The second-order valence-electron chi connectivity index (χ2n) is 2.89. The molecule has 0 aliphatic rings. The van der Waals surface area contributed by atoms with Crippen molar-refractivity contribution in [2.75, 3.05) is 7.11 Å². The zero-order chi connectivity index (χ0) is 10.7. The molecule has 4 N–H and O–H groups in total. The van der Waals surface area contributed by atoms with Crippen LogP contribution in [0.1, 0.15) is 28.9 Å². The smallest absolute Gasteiger partial charge is 0.337 e. The van der Waals surface area contributed by atoms with E-state index < -0.39 is 5.97 Å². The molecule has 1 atom stereocenters. The largest absolute Gasteiger partial charge is 0.478 e. The van der Waals surface area contributed by atoms with E-state index in [0.29, 0.717) is 5.56 Å². The van der Waals surface area contributed by atoms with Gasteiger partial charge in [0, 0.05) is 7.11 Å². The molecule has 4 nitrogen and oxygen atoms in total. The number of ether oxygens (including phenoxy) is 1. The molecule has 0 bridgehead atoms. The summed E-state index contributed by atoms with van der Waals surface area (Å²) in [7, 11) is 1.55. The number of hydrogen-bond donors (Lipinski definition) is 2. The summed E-state index contributed by atoms with van der Waals surface area (Å²) in [6.07, 6.45) is -0.207. The zero-order valence-electron chi connectivity index (χ0n) is 8.66. The molecule has 1 unspecified atom stereocenters. The fourth-order valence-electron chi connectivity index (χ4n) is 1.16. The van der Waals surface area contributed by atoms with Crippen LogP contribution >= 0.6 is 11.6 Å². The van der Waals surface area contributed by atoms with Crippen molar-refractivity contribution in [3.63, 3.8) is 0 Å². The molecular formula is C10H14ClNO3. The average molecular weight is 232 g/mol. The van der Waals surface area contributed by atoms with Crippen LogP contribution in [0.5, 0.6) is 0 Å². The number of carboxylic acid groups (broad SMARTS) is 1. The number of rotatable bonds is 3. The minimum absolute atomic E-state index is 0. The van der Waals surface area contributed by atoms with Crippen molar-refractivity contribution in [3.05, 3.63) is 34.3 Å². The van der Waals surface area contributed by atoms with Crippen molar-refractivity contribution in [1.82, 2.24) is 6.15 Å². The monoisotopic (exact) mass is 231 g/mol.